The highest BCUT2D eigenvalue weighted by Gasteiger charge is 2.32. The number of carbonyl (C=O) groups is 2. The molecule has 9 heteroatoms. The van der Waals surface area contributed by atoms with Gasteiger partial charge in [0.05, 0.1) is 17.5 Å². The van der Waals surface area contributed by atoms with E-state index in [9.17, 15) is 23.1 Å². The van der Waals surface area contributed by atoms with Crippen LogP contribution >= 0.6 is 0 Å². The molecule has 1 amide bonds. The van der Waals surface area contributed by atoms with Gasteiger partial charge < -0.3 is 15.2 Å². The molecule has 2 N–H and O–H groups in total. The van der Waals surface area contributed by atoms with E-state index in [2.05, 4.69) is 5.32 Å². The van der Waals surface area contributed by atoms with Gasteiger partial charge in [-0.15, -0.1) is 0 Å². The maximum Gasteiger partial charge on any atom is 0.338 e. The number of amides is 1. The van der Waals surface area contributed by atoms with Crippen LogP contribution in [0.3, 0.4) is 0 Å². The van der Waals surface area contributed by atoms with Crippen molar-refractivity contribution in [3.05, 3.63) is 53.6 Å². The van der Waals surface area contributed by atoms with Gasteiger partial charge in [-0.2, -0.15) is 0 Å². The monoisotopic (exact) mass is 404 g/mol. The Morgan fingerprint density at radius 2 is 1.89 bits per heavy atom. The molecule has 0 bridgehead atoms. The van der Waals surface area contributed by atoms with E-state index in [0.717, 1.165) is 11.8 Å². The summed E-state index contributed by atoms with van der Waals surface area (Å²) in [6.45, 7) is 1.33. The molecule has 0 spiro atoms. The molecule has 1 aliphatic rings. The van der Waals surface area contributed by atoms with E-state index in [4.69, 9.17) is 4.74 Å². The van der Waals surface area contributed by atoms with Crippen LogP contribution < -0.4 is 9.62 Å². The van der Waals surface area contributed by atoms with E-state index in [1.165, 1.54) is 34.6 Å². The number of nitrogens with zero attached hydrogens (tertiary/aromatic N) is 1. The minimum atomic E-state index is -3.40. The van der Waals surface area contributed by atoms with Gasteiger partial charge in [0, 0.05) is 11.7 Å². The first kappa shape index (κ1) is 19.7. The zero-order valence-corrected chi connectivity index (χ0v) is 16.2. The Balaban J connectivity index is 1.63. The fraction of sp³-hybridized carbons (Fsp3) is 0.263. The van der Waals surface area contributed by atoms with Crippen molar-refractivity contribution in [2.45, 2.75) is 19.4 Å². The minimum Gasteiger partial charge on any atom is -0.508 e. The zero-order valence-electron chi connectivity index (χ0n) is 15.4. The van der Waals surface area contributed by atoms with Gasteiger partial charge in [-0.05, 0) is 61.4 Å². The highest BCUT2D eigenvalue weighted by atomic mass is 32.2. The Labute approximate surface area is 162 Å². The topological polar surface area (TPSA) is 113 Å². The predicted octanol–water partition coefficient (Wildman–Crippen LogP) is 1.90. The number of ether oxygens (including phenoxy) is 1. The van der Waals surface area contributed by atoms with Crippen LogP contribution in [0.4, 0.5) is 11.4 Å². The minimum absolute atomic E-state index is 0.0739. The van der Waals surface area contributed by atoms with E-state index in [1.807, 2.05) is 0 Å². The van der Waals surface area contributed by atoms with Crippen molar-refractivity contribution in [2.75, 3.05) is 22.5 Å². The Kier molecular flexibility index (Phi) is 5.28. The molecule has 0 saturated heterocycles. The smallest absolute Gasteiger partial charge is 0.338 e. The molecular formula is C19H20N2O6S. The summed E-state index contributed by atoms with van der Waals surface area (Å²) < 4.78 is 30.3. The molecular weight excluding hydrogens is 384 g/mol. The first-order valence-corrected chi connectivity index (χ1v) is 10.4. The average molecular weight is 404 g/mol. The normalized spacial score (nSPS) is 15.8. The first-order chi connectivity index (χ1) is 13.1. The van der Waals surface area contributed by atoms with E-state index in [-0.39, 0.29) is 17.4 Å². The molecule has 1 aliphatic heterocycles. The lowest BCUT2D eigenvalue weighted by Gasteiger charge is -2.21. The van der Waals surface area contributed by atoms with Gasteiger partial charge in [0.2, 0.25) is 10.0 Å². The van der Waals surface area contributed by atoms with E-state index in [1.54, 1.807) is 19.1 Å². The quantitative estimate of drug-likeness (QED) is 0.581. The van der Waals surface area contributed by atoms with Crippen LogP contribution in [-0.2, 0) is 26.0 Å². The molecule has 28 heavy (non-hydrogen) atoms. The van der Waals surface area contributed by atoms with E-state index in [0.29, 0.717) is 17.8 Å². The molecule has 2 aromatic rings. The van der Waals surface area contributed by atoms with Crippen molar-refractivity contribution in [1.82, 2.24) is 0 Å². The number of benzene rings is 2. The number of hydrogen-bond acceptors (Lipinski definition) is 6. The fourth-order valence-corrected chi connectivity index (χ4v) is 4.46. The number of phenolic OH excluding ortho intramolecular Hbond substituents is 1. The predicted molar refractivity (Wildman–Crippen MR) is 104 cm³/mol. The summed E-state index contributed by atoms with van der Waals surface area (Å²) in [5, 5.41) is 11.8. The summed E-state index contributed by atoms with van der Waals surface area (Å²) in [5.41, 5.74) is 2.00. The second-order valence-corrected chi connectivity index (χ2v) is 8.49. The standard InChI is InChI=1S/C19H20N2O6S/c1-12-9-14-10-13(3-8-17(14)21(12)28(2,25)26)19(24)27-11-18(23)20-15-4-6-16(22)7-5-15/h3-8,10,12,22H,9,11H2,1-2H3,(H,20,23). The van der Waals surface area contributed by atoms with Crippen molar-refractivity contribution in [1.29, 1.82) is 0 Å². The largest absolute Gasteiger partial charge is 0.508 e. The van der Waals surface area contributed by atoms with Crippen molar-refractivity contribution in [3.63, 3.8) is 0 Å². The van der Waals surface area contributed by atoms with Crippen molar-refractivity contribution >= 4 is 33.3 Å². The summed E-state index contributed by atoms with van der Waals surface area (Å²) in [6.07, 6.45) is 1.64. The van der Waals surface area contributed by atoms with Crippen LogP contribution in [0.15, 0.2) is 42.5 Å². The number of rotatable bonds is 5. The molecule has 8 nitrogen and oxygen atoms in total. The molecule has 2 aromatic carbocycles. The van der Waals surface area contributed by atoms with Crippen molar-refractivity contribution < 1.29 is 27.9 Å². The Hall–Kier alpha value is -3.07. The number of aromatic hydroxyl groups is 1. The molecule has 0 aliphatic carbocycles. The third kappa shape index (κ3) is 4.25. The second kappa shape index (κ2) is 7.51. The summed E-state index contributed by atoms with van der Waals surface area (Å²) in [7, 11) is -3.40. The number of sulfonamides is 1. The van der Waals surface area contributed by atoms with Gasteiger partial charge in [0.25, 0.3) is 5.91 Å². The van der Waals surface area contributed by atoms with Crippen molar-refractivity contribution in [2.24, 2.45) is 0 Å². The molecule has 0 saturated carbocycles. The third-order valence-electron chi connectivity index (χ3n) is 4.31. The zero-order chi connectivity index (χ0) is 20.5. The molecule has 1 atom stereocenters. The number of hydrogen-bond donors (Lipinski definition) is 2. The summed E-state index contributed by atoms with van der Waals surface area (Å²) in [6, 6.07) is 10.3. The van der Waals surface area contributed by atoms with Gasteiger partial charge in [-0.3, -0.25) is 9.10 Å². The van der Waals surface area contributed by atoms with Crippen LogP contribution in [0.1, 0.15) is 22.8 Å². The maximum absolute atomic E-state index is 12.2. The Bertz CT molecular complexity index is 1020. The Morgan fingerprint density at radius 3 is 2.54 bits per heavy atom. The third-order valence-corrected chi connectivity index (χ3v) is 5.58. The lowest BCUT2D eigenvalue weighted by Crippen LogP contribution is -2.34. The van der Waals surface area contributed by atoms with Gasteiger partial charge in [-0.1, -0.05) is 0 Å². The molecule has 0 aromatic heterocycles. The number of carbonyl (C=O) groups excluding carboxylic acids is 2. The molecule has 1 heterocycles. The van der Waals surface area contributed by atoms with Crippen LogP contribution in [0.2, 0.25) is 0 Å². The number of fused-ring (bicyclic) bond motifs is 1. The van der Waals surface area contributed by atoms with Crippen LogP contribution in [0.5, 0.6) is 5.75 Å². The summed E-state index contributed by atoms with van der Waals surface area (Å²) in [4.78, 5) is 24.1. The number of anilines is 2. The number of nitrogens with one attached hydrogen (secondary N) is 1. The highest BCUT2D eigenvalue weighted by molar-refractivity contribution is 7.92. The molecule has 0 radical (unpaired) electrons. The number of esters is 1. The van der Waals surface area contributed by atoms with Crippen molar-refractivity contribution in [3.8, 4) is 5.75 Å². The fourth-order valence-electron chi connectivity index (χ4n) is 3.19. The molecule has 148 valence electrons. The molecule has 3 rings (SSSR count). The van der Waals surface area contributed by atoms with E-state index >= 15 is 0 Å². The maximum atomic E-state index is 12.2. The van der Waals surface area contributed by atoms with Gasteiger partial charge in [0.1, 0.15) is 5.75 Å². The second-order valence-electron chi connectivity index (χ2n) is 6.63. The van der Waals surface area contributed by atoms with Gasteiger partial charge in [-0.25, -0.2) is 13.2 Å². The van der Waals surface area contributed by atoms with Gasteiger partial charge in [0.15, 0.2) is 6.61 Å². The van der Waals surface area contributed by atoms with Gasteiger partial charge >= 0.3 is 5.97 Å². The lowest BCUT2D eigenvalue weighted by atomic mass is 10.1. The van der Waals surface area contributed by atoms with E-state index < -0.39 is 28.5 Å². The highest BCUT2D eigenvalue weighted by Crippen LogP contribution is 2.34. The lowest BCUT2D eigenvalue weighted by molar-refractivity contribution is -0.119. The summed E-state index contributed by atoms with van der Waals surface area (Å²) >= 11 is 0. The van der Waals surface area contributed by atoms with Crippen LogP contribution in [0, 0.1) is 0 Å². The first-order valence-electron chi connectivity index (χ1n) is 8.53. The Morgan fingerprint density at radius 1 is 1.21 bits per heavy atom. The van der Waals surface area contributed by atoms with Crippen LogP contribution in [-0.4, -0.2) is 44.3 Å². The van der Waals surface area contributed by atoms with Crippen LogP contribution in [0.25, 0.3) is 0 Å². The molecule has 1 unspecified atom stereocenters. The molecule has 0 fully saturated rings. The SMILES string of the molecule is CC1Cc2cc(C(=O)OCC(=O)Nc3ccc(O)cc3)ccc2N1S(C)(=O)=O. The summed E-state index contributed by atoms with van der Waals surface area (Å²) in [5.74, 6) is -1.11. The number of phenols is 1. The average Bonchev–Trinajstić information content (AvgIpc) is 2.96.